The first-order valence-corrected chi connectivity index (χ1v) is 12.2. The van der Waals surface area contributed by atoms with Crippen molar-refractivity contribution in [2.75, 3.05) is 0 Å². The van der Waals surface area contributed by atoms with E-state index in [4.69, 9.17) is 0 Å². The summed E-state index contributed by atoms with van der Waals surface area (Å²) >= 11 is 0. The Morgan fingerprint density at radius 3 is 1.00 bits per heavy atom. The molecule has 0 saturated carbocycles. The Balaban J connectivity index is 0.000000188. The Kier molecular flexibility index (Phi) is 14.9. The summed E-state index contributed by atoms with van der Waals surface area (Å²) in [6, 6.07) is 43.3. The molecule has 1 heteroatoms. The fraction of sp³-hybridized carbons (Fsp3) is 0.176. The third kappa shape index (κ3) is 12.9. The first kappa shape index (κ1) is 28.3. The molecule has 0 nitrogen and oxygen atoms in total. The molecule has 0 amide bonds. The van der Waals surface area contributed by atoms with E-state index in [1.54, 1.807) is 0 Å². The van der Waals surface area contributed by atoms with Crippen LogP contribution in [-0.2, 0) is 33.9 Å². The van der Waals surface area contributed by atoms with Crippen molar-refractivity contribution in [1.29, 1.82) is 0 Å². The fourth-order valence-electron chi connectivity index (χ4n) is 3.60. The van der Waals surface area contributed by atoms with E-state index in [-0.39, 0.29) is 21.1 Å². The molecule has 0 radical (unpaired) electrons. The average molecular weight is 638 g/mol. The van der Waals surface area contributed by atoms with Gasteiger partial charge >= 0.3 is 21.1 Å². The number of hydrogen-bond acceptors (Lipinski definition) is 0. The van der Waals surface area contributed by atoms with Crippen molar-refractivity contribution >= 4 is 0 Å². The molecule has 0 heterocycles. The van der Waals surface area contributed by atoms with Gasteiger partial charge in [0.1, 0.15) is 0 Å². The SMILES string of the molecule is C1=CCCC=CCC1.[Pt+2].[c-]1ccc(Cc2ccccc2)cc1.[c-]1ccc(Cc2ccccc2)cc1. The maximum absolute atomic E-state index is 3.02. The van der Waals surface area contributed by atoms with E-state index in [0.29, 0.717) is 0 Å². The number of allylic oxidation sites excluding steroid dienone is 4. The molecule has 0 bridgehead atoms. The zero-order valence-electron chi connectivity index (χ0n) is 20.3. The van der Waals surface area contributed by atoms with Crippen LogP contribution in [0.5, 0.6) is 0 Å². The summed E-state index contributed by atoms with van der Waals surface area (Å²) in [6.07, 6.45) is 16.0. The van der Waals surface area contributed by atoms with E-state index >= 15 is 0 Å². The molecule has 0 atom stereocenters. The molecule has 4 aromatic carbocycles. The first-order chi connectivity index (χ1) is 16.9. The summed E-state index contributed by atoms with van der Waals surface area (Å²) in [4.78, 5) is 0. The van der Waals surface area contributed by atoms with Gasteiger partial charge in [0.25, 0.3) is 0 Å². The summed E-state index contributed by atoms with van der Waals surface area (Å²) in [5, 5.41) is 0. The van der Waals surface area contributed by atoms with Crippen LogP contribution in [-0.4, -0.2) is 0 Å². The van der Waals surface area contributed by atoms with Crippen LogP contribution in [0.25, 0.3) is 0 Å². The van der Waals surface area contributed by atoms with Gasteiger partial charge in [-0.1, -0.05) is 85.0 Å². The third-order valence-corrected chi connectivity index (χ3v) is 5.41. The van der Waals surface area contributed by atoms with Crippen LogP contribution in [0.15, 0.2) is 133 Å². The van der Waals surface area contributed by atoms with E-state index in [9.17, 15) is 0 Å². The quantitative estimate of drug-likeness (QED) is 0.155. The van der Waals surface area contributed by atoms with Crippen LogP contribution < -0.4 is 0 Å². The van der Waals surface area contributed by atoms with Crippen molar-refractivity contribution in [2.24, 2.45) is 0 Å². The molecule has 5 rings (SSSR count). The molecule has 1 aliphatic carbocycles. The van der Waals surface area contributed by atoms with Crippen molar-refractivity contribution < 1.29 is 21.1 Å². The van der Waals surface area contributed by atoms with Gasteiger partial charge in [-0.3, -0.25) is 0 Å². The van der Waals surface area contributed by atoms with E-state index in [0.717, 1.165) is 12.8 Å². The van der Waals surface area contributed by atoms with Gasteiger partial charge in [0, 0.05) is 0 Å². The van der Waals surface area contributed by atoms with Crippen LogP contribution in [0.2, 0.25) is 0 Å². The Labute approximate surface area is 226 Å². The molecule has 180 valence electrons. The van der Waals surface area contributed by atoms with Gasteiger partial charge in [-0.15, -0.1) is 0 Å². The van der Waals surface area contributed by atoms with Crippen molar-refractivity contribution in [2.45, 2.75) is 38.5 Å². The summed E-state index contributed by atoms with van der Waals surface area (Å²) in [5.41, 5.74) is 5.39. The number of rotatable bonds is 4. The average Bonchev–Trinajstić information content (AvgIpc) is 2.87. The van der Waals surface area contributed by atoms with E-state index in [1.165, 1.54) is 47.9 Å². The topological polar surface area (TPSA) is 0 Å². The van der Waals surface area contributed by atoms with Crippen LogP contribution in [0.4, 0.5) is 0 Å². The van der Waals surface area contributed by atoms with Gasteiger partial charge in [-0.05, 0) is 49.7 Å². The normalized spacial score (nSPS) is 11.9. The molecule has 4 aromatic rings. The molecule has 0 aliphatic heterocycles. The summed E-state index contributed by atoms with van der Waals surface area (Å²) < 4.78 is 0. The zero-order chi connectivity index (χ0) is 23.5. The molecular weight excluding hydrogens is 603 g/mol. The van der Waals surface area contributed by atoms with Crippen LogP contribution in [0, 0.1) is 12.1 Å². The summed E-state index contributed by atoms with van der Waals surface area (Å²) in [7, 11) is 0. The minimum absolute atomic E-state index is 0. The number of benzene rings is 4. The Morgan fingerprint density at radius 2 is 0.686 bits per heavy atom. The van der Waals surface area contributed by atoms with Crippen molar-refractivity contribution in [3.05, 3.63) is 168 Å². The molecular formula is C34H34Pt. The van der Waals surface area contributed by atoms with Crippen LogP contribution in [0.1, 0.15) is 47.9 Å². The fourth-order valence-corrected chi connectivity index (χ4v) is 3.60. The van der Waals surface area contributed by atoms with Crippen molar-refractivity contribution in [3.8, 4) is 0 Å². The molecule has 0 saturated heterocycles. The van der Waals surface area contributed by atoms with Gasteiger partial charge in [0.2, 0.25) is 0 Å². The van der Waals surface area contributed by atoms with E-state index in [1.807, 2.05) is 36.4 Å². The van der Waals surface area contributed by atoms with Crippen molar-refractivity contribution in [1.82, 2.24) is 0 Å². The Bertz CT molecular complexity index is 891. The molecule has 1 aliphatic rings. The van der Waals surface area contributed by atoms with Gasteiger partial charge in [0.15, 0.2) is 0 Å². The smallest absolute Gasteiger partial charge is 0.184 e. The van der Waals surface area contributed by atoms with Crippen LogP contribution >= 0.6 is 0 Å². The van der Waals surface area contributed by atoms with E-state index in [2.05, 4.69) is 109 Å². The number of hydrogen-bond donors (Lipinski definition) is 0. The second-order valence-corrected chi connectivity index (χ2v) is 8.24. The predicted molar refractivity (Wildman–Crippen MR) is 146 cm³/mol. The minimum atomic E-state index is 0. The molecule has 0 fully saturated rings. The zero-order valence-corrected chi connectivity index (χ0v) is 22.5. The maximum Gasteiger partial charge on any atom is 2.00 e. The molecule has 35 heavy (non-hydrogen) atoms. The van der Waals surface area contributed by atoms with Gasteiger partial charge in [-0.2, -0.15) is 71.8 Å². The first-order valence-electron chi connectivity index (χ1n) is 12.2. The van der Waals surface area contributed by atoms with Crippen LogP contribution in [0.3, 0.4) is 0 Å². The molecule has 0 N–H and O–H groups in total. The third-order valence-electron chi connectivity index (χ3n) is 5.41. The Morgan fingerprint density at radius 1 is 0.400 bits per heavy atom. The van der Waals surface area contributed by atoms with Gasteiger partial charge < -0.3 is 0 Å². The van der Waals surface area contributed by atoms with Crippen molar-refractivity contribution in [3.63, 3.8) is 0 Å². The molecule has 0 unspecified atom stereocenters. The predicted octanol–water partition coefficient (Wildman–Crippen LogP) is 8.83. The summed E-state index contributed by atoms with van der Waals surface area (Å²) in [5.74, 6) is 0. The monoisotopic (exact) mass is 637 g/mol. The second-order valence-electron chi connectivity index (χ2n) is 8.24. The molecule has 0 aromatic heterocycles. The largest absolute Gasteiger partial charge is 2.00 e. The Hall–Kier alpha value is -2.95. The minimum Gasteiger partial charge on any atom is -0.184 e. The standard InChI is InChI=1S/2C13H11.C8H12.Pt/c2*1-3-7-12(8-4-1)11-13-9-5-2-6-10-13;1-2-4-6-8-7-5-3-1;/h2*1,3-10H,11H2;1-2,7-8H,3-6H2;/q2*-1;;+2. The molecule has 0 spiro atoms. The van der Waals surface area contributed by atoms with Gasteiger partial charge in [-0.25, -0.2) is 0 Å². The summed E-state index contributed by atoms with van der Waals surface area (Å²) in [6.45, 7) is 0. The van der Waals surface area contributed by atoms with E-state index < -0.39 is 0 Å². The maximum atomic E-state index is 3.02. The van der Waals surface area contributed by atoms with Gasteiger partial charge in [0.05, 0.1) is 0 Å². The second kappa shape index (κ2) is 18.4.